The quantitative estimate of drug-likeness (QED) is 0.681. The Kier molecular flexibility index (Phi) is 4.14. The van der Waals surface area contributed by atoms with Crippen LogP contribution in [-0.4, -0.2) is 23.3 Å². The van der Waals surface area contributed by atoms with E-state index >= 15 is 0 Å². The molecular formula is C14H14N2O4. The number of benzene rings is 1. The Balaban J connectivity index is 2.05. The summed E-state index contributed by atoms with van der Waals surface area (Å²) >= 11 is 0. The van der Waals surface area contributed by atoms with Crippen molar-refractivity contribution < 1.29 is 18.8 Å². The molecule has 0 saturated heterocycles. The van der Waals surface area contributed by atoms with Gasteiger partial charge in [0, 0.05) is 18.6 Å². The molecule has 0 aliphatic heterocycles. The molecule has 1 unspecified atom stereocenters. The van der Waals surface area contributed by atoms with Crippen LogP contribution in [0.1, 0.15) is 24.3 Å². The number of rotatable bonds is 4. The van der Waals surface area contributed by atoms with Crippen molar-refractivity contribution in [1.29, 1.82) is 0 Å². The molecule has 0 aliphatic rings. The molecule has 1 heterocycles. The molecule has 0 spiro atoms. The molecule has 0 bridgehead atoms. The Morgan fingerprint density at radius 2 is 2.00 bits per heavy atom. The smallest absolute Gasteiger partial charge is 0.304 e. The number of hydrogen-bond acceptors (Lipinski definition) is 5. The molecule has 1 atom stereocenters. The lowest BCUT2D eigenvalue weighted by Crippen LogP contribution is -2.35. The van der Waals surface area contributed by atoms with Crippen LogP contribution in [0.25, 0.3) is 11.3 Å². The van der Waals surface area contributed by atoms with Crippen molar-refractivity contribution in [3.8, 4) is 11.3 Å². The van der Waals surface area contributed by atoms with Gasteiger partial charge in [-0.25, -0.2) is 0 Å². The van der Waals surface area contributed by atoms with Crippen LogP contribution in [0.4, 0.5) is 0 Å². The van der Waals surface area contributed by atoms with Gasteiger partial charge in [-0.05, 0) is 6.92 Å². The second-order valence-electron chi connectivity index (χ2n) is 4.17. The van der Waals surface area contributed by atoms with E-state index in [1.165, 1.54) is 13.0 Å². The first-order valence-corrected chi connectivity index (χ1v) is 6.06. The minimum Gasteiger partial charge on any atom is -0.442 e. The zero-order chi connectivity index (χ0) is 14.5. The molecule has 1 aromatic heterocycles. The molecule has 1 N–H and O–H groups in total. The predicted octanol–water partition coefficient (Wildman–Crippen LogP) is 1.98. The molecule has 6 heteroatoms. The number of amides is 1. The normalized spacial score (nSPS) is 11.7. The van der Waals surface area contributed by atoms with Gasteiger partial charge < -0.3 is 14.6 Å². The zero-order valence-electron chi connectivity index (χ0n) is 11.1. The summed E-state index contributed by atoms with van der Waals surface area (Å²) in [4.78, 5) is 22.6. The van der Waals surface area contributed by atoms with Crippen LogP contribution in [0, 0.1) is 0 Å². The van der Waals surface area contributed by atoms with Crippen LogP contribution in [0.5, 0.6) is 0 Å². The Morgan fingerprint density at radius 1 is 1.30 bits per heavy atom. The zero-order valence-corrected chi connectivity index (χ0v) is 11.1. The van der Waals surface area contributed by atoms with Crippen molar-refractivity contribution in [3.63, 3.8) is 0 Å². The molecule has 6 nitrogen and oxygen atoms in total. The van der Waals surface area contributed by atoms with Crippen molar-refractivity contribution in [3.05, 3.63) is 42.1 Å². The lowest BCUT2D eigenvalue weighted by molar-refractivity contribution is -0.146. The van der Waals surface area contributed by atoms with Crippen molar-refractivity contribution in [2.75, 3.05) is 0 Å². The maximum Gasteiger partial charge on any atom is 0.304 e. The van der Waals surface area contributed by atoms with Gasteiger partial charge in [0.25, 0.3) is 5.91 Å². The number of carbonyl (C=O) groups excluding carboxylic acids is 2. The van der Waals surface area contributed by atoms with Crippen molar-refractivity contribution >= 4 is 11.9 Å². The molecule has 2 rings (SSSR count). The second-order valence-corrected chi connectivity index (χ2v) is 4.17. The fraction of sp³-hybridized carbons (Fsp3) is 0.214. The van der Waals surface area contributed by atoms with E-state index in [0.29, 0.717) is 5.76 Å². The molecule has 1 amide bonds. The van der Waals surface area contributed by atoms with Crippen LogP contribution in [-0.2, 0) is 9.53 Å². The lowest BCUT2D eigenvalue weighted by atomic mass is 10.1. The van der Waals surface area contributed by atoms with Crippen LogP contribution >= 0.6 is 0 Å². The Bertz CT molecular complexity index is 607. The molecule has 104 valence electrons. The predicted molar refractivity (Wildman–Crippen MR) is 70.6 cm³/mol. The fourth-order valence-electron chi connectivity index (χ4n) is 1.66. The number of ether oxygens (including phenoxy) is 1. The van der Waals surface area contributed by atoms with Gasteiger partial charge >= 0.3 is 5.97 Å². The summed E-state index contributed by atoms with van der Waals surface area (Å²) < 4.78 is 9.92. The van der Waals surface area contributed by atoms with Gasteiger partial charge in [0.05, 0.1) is 0 Å². The number of carbonyl (C=O) groups is 2. The summed E-state index contributed by atoms with van der Waals surface area (Å²) in [6.45, 7) is 2.82. The number of aromatic nitrogens is 1. The first kappa shape index (κ1) is 13.8. The molecule has 1 aromatic carbocycles. The highest BCUT2D eigenvalue weighted by Gasteiger charge is 2.16. The average Bonchev–Trinajstić information content (AvgIpc) is 2.88. The molecule has 0 aliphatic carbocycles. The second kappa shape index (κ2) is 6.01. The van der Waals surface area contributed by atoms with Crippen LogP contribution in [0.15, 0.2) is 40.9 Å². The van der Waals surface area contributed by atoms with Gasteiger partial charge in [0.15, 0.2) is 17.7 Å². The minimum atomic E-state index is -0.725. The highest BCUT2D eigenvalue weighted by atomic mass is 16.6. The number of nitrogens with one attached hydrogen (secondary N) is 1. The number of nitrogens with zero attached hydrogens (tertiary/aromatic N) is 1. The van der Waals surface area contributed by atoms with Crippen LogP contribution < -0.4 is 5.32 Å². The van der Waals surface area contributed by atoms with Gasteiger partial charge in [-0.15, -0.1) is 0 Å². The average molecular weight is 274 g/mol. The SMILES string of the molecule is CC(=O)OC(C)NC(=O)c1cc(-c2ccccc2)on1. The van der Waals surface area contributed by atoms with Gasteiger partial charge in [-0.3, -0.25) is 9.59 Å². The van der Waals surface area contributed by atoms with E-state index in [9.17, 15) is 9.59 Å². The van der Waals surface area contributed by atoms with Gasteiger partial charge in [-0.1, -0.05) is 35.5 Å². The third-order valence-electron chi connectivity index (χ3n) is 2.48. The summed E-state index contributed by atoms with van der Waals surface area (Å²) in [7, 11) is 0. The monoisotopic (exact) mass is 274 g/mol. The molecular weight excluding hydrogens is 260 g/mol. The van der Waals surface area contributed by atoms with E-state index in [1.54, 1.807) is 6.92 Å². The van der Waals surface area contributed by atoms with E-state index in [0.717, 1.165) is 5.56 Å². The first-order chi connectivity index (χ1) is 9.56. The molecule has 0 radical (unpaired) electrons. The molecule has 20 heavy (non-hydrogen) atoms. The highest BCUT2D eigenvalue weighted by molar-refractivity contribution is 5.93. The summed E-state index contributed by atoms with van der Waals surface area (Å²) in [5.41, 5.74) is 0.954. The van der Waals surface area contributed by atoms with Crippen LogP contribution in [0.2, 0.25) is 0 Å². The maximum absolute atomic E-state index is 11.9. The minimum absolute atomic E-state index is 0.128. The van der Waals surface area contributed by atoms with Crippen LogP contribution in [0.3, 0.4) is 0 Å². The van der Waals surface area contributed by atoms with Crippen molar-refractivity contribution in [1.82, 2.24) is 10.5 Å². The Hall–Kier alpha value is -2.63. The molecule has 2 aromatic rings. The van der Waals surface area contributed by atoms with E-state index in [2.05, 4.69) is 10.5 Å². The van der Waals surface area contributed by atoms with Crippen molar-refractivity contribution in [2.24, 2.45) is 0 Å². The van der Waals surface area contributed by atoms with E-state index in [1.807, 2.05) is 30.3 Å². The van der Waals surface area contributed by atoms with E-state index in [4.69, 9.17) is 9.26 Å². The highest BCUT2D eigenvalue weighted by Crippen LogP contribution is 2.19. The molecule has 0 saturated carbocycles. The summed E-state index contributed by atoms with van der Waals surface area (Å²) in [6, 6.07) is 10.8. The topological polar surface area (TPSA) is 81.4 Å². The standard InChI is InChI=1S/C14H14N2O4/c1-9(19-10(2)17)15-14(18)12-8-13(20-16-12)11-6-4-3-5-7-11/h3-9H,1-2H3,(H,15,18). The third kappa shape index (κ3) is 3.44. The van der Waals surface area contributed by atoms with Crippen molar-refractivity contribution in [2.45, 2.75) is 20.1 Å². The number of esters is 1. The fourth-order valence-corrected chi connectivity index (χ4v) is 1.66. The Labute approximate surface area is 115 Å². The maximum atomic E-state index is 11.9. The van der Waals surface area contributed by atoms with E-state index < -0.39 is 18.1 Å². The summed E-state index contributed by atoms with van der Waals surface area (Å²) in [5.74, 6) is -0.441. The first-order valence-electron chi connectivity index (χ1n) is 6.06. The van der Waals surface area contributed by atoms with Gasteiger partial charge in [0.1, 0.15) is 0 Å². The lowest BCUT2D eigenvalue weighted by Gasteiger charge is -2.12. The summed E-state index contributed by atoms with van der Waals surface area (Å²) in [6.07, 6.45) is -0.725. The summed E-state index contributed by atoms with van der Waals surface area (Å²) in [5, 5.41) is 6.18. The third-order valence-corrected chi connectivity index (χ3v) is 2.48. The largest absolute Gasteiger partial charge is 0.442 e. The molecule has 0 fully saturated rings. The van der Waals surface area contributed by atoms with Gasteiger partial charge in [-0.2, -0.15) is 0 Å². The number of hydrogen-bond donors (Lipinski definition) is 1. The van der Waals surface area contributed by atoms with Gasteiger partial charge in [0.2, 0.25) is 0 Å². The Morgan fingerprint density at radius 3 is 2.65 bits per heavy atom. The van der Waals surface area contributed by atoms with E-state index in [-0.39, 0.29) is 5.69 Å².